The second-order valence-corrected chi connectivity index (χ2v) is 5.34. The van der Waals surface area contributed by atoms with Gasteiger partial charge in [0.05, 0.1) is 0 Å². The van der Waals surface area contributed by atoms with Crippen molar-refractivity contribution in [3.63, 3.8) is 0 Å². The normalized spacial score (nSPS) is 14.2. The Hall–Kier alpha value is -1.11. The lowest BCUT2D eigenvalue weighted by Crippen LogP contribution is -2.42. The van der Waals surface area contributed by atoms with Gasteiger partial charge in [0, 0.05) is 15.1 Å². The highest BCUT2D eigenvalue weighted by Crippen LogP contribution is 2.28. The highest BCUT2D eigenvalue weighted by Gasteiger charge is 2.29. The molecule has 0 atom stereocenters. The Bertz CT molecular complexity index is 470. The number of aryl methyl sites for hydroxylation is 1. The second kappa shape index (κ2) is 5.03. The Morgan fingerprint density at radius 3 is 2.59 bits per heavy atom. The van der Waals surface area contributed by atoms with E-state index >= 15 is 0 Å². The Morgan fingerprint density at radius 2 is 2.00 bits per heavy atom. The van der Waals surface area contributed by atoms with Gasteiger partial charge in [0.2, 0.25) is 5.91 Å². The number of hydrogen-bond donors (Lipinski definition) is 2. The smallest absolute Gasteiger partial charge is 0.269 e. The molecule has 1 aromatic rings. The van der Waals surface area contributed by atoms with Crippen molar-refractivity contribution < 1.29 is 9.59 Å². The van der Waals surface area contributed by atoms with Crippen LogP contribution in [-0.4, -0.2) is 11.8 Å². The molecule has 0 radical (unpaired) electrons. The number of hydrazine groups is 1. The summed E-state index contributed by atoms with van der Waals surface area (Å²) in [6.07, 6.45) is 1.84. The van der Waals surface area contributed by atoms with E-state index < -0.39 is 0 Å². The third-order valence-electron chi connectivity index (χ3n) is 2.68. The Kier molecular flexibility index (Phi) is 3.66. The number of carbonyl (C=O) groups is 2. The van der Waals surface area contributed by atoms with E-state index in [1.165, 1.54) is 0 Å². The summed E-state index contributed by atoms with van der Waals surface area (Å²) in [5.41, 5.74) is 6.54. The van der Waals surface area contributed by atoms with Gasteiger partial charge in [-0.05, 0) is 60.1 Å². The van der Waals surface area contributed by atoms with Gasteiger partial charge in [-0.2, -0.15) is 0 Å². The van der Waals surface area contributed by atoms with Crippen molar-refractivity contribution in [1.29, 1.82) is 0 Å². The molecule has 5 heteroatoms. The van der Waals surface area contributed by atoms with Crippen LogP contribution in [0.4, 0.5) is 0 Å². The first-order valence-electron chi connectivity index (χ1n) is 5.44. The number of halogens is 1. The first kappa shape index (κ1) is 12.3. The molecule has 17 heavy (non-hydrogen) atoms. The molecular formula is C12H13IN2O2. The van der Waals surface area contributed by atoms with Crippen molar-refractivity contribution in [3.05, 3.63) is 32.9 Å². The van der Waals surface area contributed by atoms with Crippen molar-refractivity contribution >= 4 is 34.4 Å². The number of carbonyl (C=O) groups excluding carboxylic acids is 2. The Morgan fingerprint density at radius 1 is 1.29 bits per heavy atom. The molecule has 0 unspecified atom stereocenters. The van der Waals surface area contributed by atoms with E-state index in [-0.39, 0.29) is 17.7 Å². The largest absolute Gasteiger partial charge is 0.273 e. The molecule has 1 saturated carbocycles. The van der Waals surface area contributed by atoms with Crippen LogP contribution in [0, 0.1) is 16.4 Å². The van der Waals surface area contributed by atoms with Gasteiger partial charge < -0.3 is 0 Å². The first-order valence-corrected chi connectivity index (χ1v) is 6.52. The Labute approximate surface area is 113 Å². The van der Waals surface area contributed by atoms with Crippen molar-refractivity contribution in [2.75, 3.05) is 0 Å². The zero-order valence-corrected chi connectivity index (χ0v) is 11.6. The quantitative estimate of drug-likeness (QED) is 0.635. The molecule has 1 aromatic carbocycles. The fourth-order valence-electron chi connectivity index (χ4n) is 1.37. The molecule has 90 valence electrons. The van der Waals surface area contributed by atoms with Crippen molar-refractivity contribution in [2.24, 2.45) is 5.92 Å². The van der Waals surface area contributed by atoms with E-state index in [0.29, 0.717) is 5.56 Å². The summed E-state index contributed by atoms with van der Waals surface area (Å²) in [6.45, 7) is 1.98. The molecule has 0 aliphatic heterocycles. The lowest BCUT2D eigenvalue weighted by Gasteiger charge is -2.07. The number of nitrogens with one attached hydrogen (secondary N) is 2. The molecule has 2 rings (SSSR count). The predicted molar refractivity (Wildman–Crippen MR) is 72.2 cm³/mol. The summed E-state index contributed by atoms with van der Waals surface area (Å²) in [4.78, 5) is 23.1. The average molecular weight is 344 g/mol. The third kappa shape index (κ3) is 3.18. The van der Waals surface area contributed by atoms with E-state index in [4.69, 9.17) is 0 Å². The van der Waals surface area contributed by atoms with Crippen LogP contribution in [-0.2, 0) is 4.79 Å². The summed E-state index contributed by atoms with van der Waals surface area (Å²) in [6, 6.07) is 5.43. The maximum atomic E-state index is 11.7. The van der Waals surface area contributed by atoms with Gasteiger partial charge in [-0.3, -0.25) is 20.4 Å². The van der Waals surface area contributed by atoms with Crippen molar-refractivity contribution in [3.8, 4) is 0 Å². The molecule has 0 heterocycles. The van der Waals surface area contributed by atoms with Gasteiger partial charge in [-0.25, -0.2) is 0 Å². The molecule has 1 fully saturated rings. The van der Waals surface area contributed by atoms with E-state index in [2.05, 4.69) is 33.4 Å². The van der Waals surface area contributed by atoms with Gasteiger partial charge in [-0.15, -0.1) is 0 Å². The summed E-state index contributed by atoms with van der Waals surface area (Å²) >= 11 is 2.18. The maximum Gasteiger partial charge on any atom is 0.269 e. The zero-order chi connectivity index (χ0) is 12.4. The molecule has 2 N–H and O–H groups in total. The van der Waals surface area contributed by atoms with Crippen molar-refractivity contribution in [2.45, 2.75) is 19.8 Å². The summed E-state index contributed by atoms with van der Waals surface area (Å²) in [5.74, 6) is -0.287. The molecular weight excluding hydrogens is 331 g/mol. The number of hydrogen-bond acceptors (Lipinski definition) is 2. The van der Waals surface area contributed by atoms with Crippen LogP contribution < -0.4 is 10.9 Å². The summed E-state index contributed by atoms with van der Waals surface area (Å²) < 4.78 is 1.03. The van der Waals surface area contributed by atoms with E-state index in [9.17, 15) is 9.59 Å². The average Bonchev–Trinajstić information content (AvgIpc) is 3.13. The van der Waals surface area contributed by atoms with Crippen molar-refractivity contribution in [1.82, 2.24) is 10.9 Å². The molecule has 1 aliphatic carbocycles. The highest BCUT2D eigenvalue weighted by molar-refractivity contribution is 14.1. The van der Waals surface area contributed by atoms with Crippen LogP contribution in [0.2, 0.25) is 0 Å². The van der Waals surface area contributed by atoms with Crippen LogP contribution in [0.5, 0.6) is 0 Å². The van der Waals surface area contributed by atoms with Gasteiger partial charge in [0.15, 0.2) is 0 Å². The molecule has 1 aliphatic rings. The lowest BCUT2D eigenvalue weighted by molar-refractivity contribution is -0.123. The molecule has 0 bridgehead atoms. The fourth-order valence-corrected chi connectivity index (χ4v) is 1.89. The first-order chi connectivity index (χ1) is 8.08. The van der Waals surface area contributed by atoms with E-state index in [1.54, 1.807) is 12.1 Å². The molecule has 0 spiro atoms. The fraction of sp³-hybridized carbons (Fsp3) is 0.333. The predicted octanol–water partition coefficient (Wildman–Crippen LogP) is 1.77. The highest BCUT2D eigenvalue weighted by atomic mass is 127. The molecule has 2 amide bonds. The SMILES string of the molecule is Cc1ccc(C(=O)NNC(=O)C2CC2)cc1I. The summed E-state index contributed by atoms with van der Waals surface area (Å²) in [7, 11) is 0. The standard InChI is InChI=1S/C12H13IN2O2/c1-7-2-3-9(6-10(7)13)12(17)15-14-11(16)8-4-5-8/h2-3,6,8H,4-5H2,1H3,(H,14,16)(H,15,17). The van der Waals surface area contributed by atoms with E-state index in [0.717, 1.165) is 22.0 Å². The topological polar surface area (TPSA) is 58.2 Å². The van der Waals surface area contributed by atoms with Crippen LogP contribution in [0.25, 0.3) is 0 Å². The monoisotopic (exact) mass is 344 g/mol. The number of benzene rings is 1. The van der Waals surface area contributed by atoms with Crippen LogP contribution in [0.1, 0.15) is 28.8 Å². The van der Waals surface area contributed by atoms with Crippen LogP contribution in [0.15, 0.2) is 18.2 Å². The molecule has 0 aromatic heterocycles. The third-order valence-corrected chi connectivity index (χ3v) is 3.84. The maximum absolute atomic E-state index is 11.7. The van der Waals surface area contributed by atoms with Gasteiger partial charge >= 0.3 is 0 Å². The summed E-state index contributed by atoms with van der Waals surface area (Å²) in [5, 5.41) is 0. The number of rotatable bonds is 2. The second-order valence-electron chi connectivity index (χ2n) is 4.18. The lowest BCUT2D eigenvalue weighted by atomic mass is 10.1. The van der Waals surface area contributed by atoms with E-state index in [1.807, 2.05) is 13.0 Å². The minimum atomic E-state index is -0.281. The zero-order valence-electron chi connectivity index (χ0n) is 9.42. The van der Waals surface area contributed by atoms with Gasteiger partial charge in [0.1, 0.15) is 0 Å². The van der Waals surface area contributed by atoms with Crippen LogP contribution in [0.3, 0.4) is 0 Å². The van der Waals surface area contributed by atoms with Gasteiger partial charge in [0.25, 0.3) is 5.91 Å². The van der Waals surface area contributed by atoms with Crippen LogP contribution >= 0.6 is 22.6 Å². The molecule has 0 saturated heterocycles. The minimum absolute atomic E-state index is 0.0912. The Balaban J connectivity index is 1.94. The number of amides is 2. The minimum Gasteiger partial charge on any atom is -0.273 e. The molecule has 4 nitrogen and oxygen atoms in total. The van der Waals surface area contributed by atoms with Gasteiger partial charge in [-0.1, -0.05) is 6.07 Å².